The van der Waals surface area contributed by atoms with Crippen molar-refractivity contribution in [1.29, 1.82) is 0 Å². The summed E-state index contributed by atoms with van der Waals surface area (Å²) in [6.07, 6.45) is 5.17. The molecular formula is C23H21N3O3S. The maximum absolute atomic E-state index is 13.0. The summed E-state index contributed by atoms with van der Waals surface area (Å²) >= 11 is 0. The first-order chi connectivity index (χ1) is 14.4. The van der Waals surface area contributed by atoms with Gasteiger partial charge in [-0.25, -0.2) is 13.4 Å². The summed E-state index contributed by atoms with van der Waals surface area (Å²) in [6.45, 7) is 4.00. The molecule has 0 atom stereocenters. The zero-order chi connectivity index (χ0) is 21.3. The molecule has 2 aromatic carbocycles. The predicted octanol–water partition coefficient (Wildman–Crippen LogP) is 3.71. The van der Waals surface area contributed by atoms with Gasteiger partial charge in [-0.3, -0.25) is 4.79 Å². The summed E-state index contributed by atoms with van der Waals surface area (Å²) in [6, 6.07) is 15.4. The van der Waals surface area contributed by atoms with Gasteiger partial charge in [-0.05, 0) is 60.9 Å². The van der Waals surface area contributed by atoms with Crippen LogP contribution in [0.4, 0.5) is 0 Å². The van der Waals surface area contributed by atoms with E-state index < -0.39 is 9.84 Å². The molecule has 0 unspecified atom stereocenters. The lowest BCUT2D eigenvalue weighted by Crippen LogP contribution is -2.23. The van der Waals surface area contributed by atoms with Crippen molar-refractivity contribution in [3.05, 3.63) is 95.4 Å². The average Bonchev–Trinajstić information content (AvgIpc) is 3.22. The molecule has 152 valence electrons. The monoisotopic (exact) mass is 419 g/mol. The highest BCUT2D eigenvalue weighted by Crippen LogP contribution is 2.25. The Kier molecular flexibility index (Phi) is 5.13. The number of benzene rings is 2. The van der Waals surface area contributed by atoms with E-state index in [0.717, 1.165) is 22.3 Å². The van der Waals surface area contributed by atoms with E-state index in [-0.39, 0.29) is 10.8 Å². The number of nitrogens with one attached hydrogen (secondary N) is 1. The Morgan fingerprint density at radius 1 is 1.03 bits per heavy atom. The van der Waals surface area contributed by atoms with Crippen molar-refractivity contribution in [2.45, 2.75) is 30.2 Å². The summed E-state index contributed by atoms with van der Waals surface area (Å²) in [5.41, 5.74) is 3.79. The summed E-state index contributed by atoms with van der Waals surface area (Å²) in [4.78, 5) is 17.1. The molecule has 0 saturated heterocycles. The maximum atomic E-state index is 13.0. The number of aryl methyl sites for hydroxylation is 1. The third-order valence-electron chi connectivity index (χ3n) is 5.18. The van der Waals surface area contributed by atoms with Crippen molar-refractivity contribution >= 4 is 21.4 Å². The molecule has 2 aromatic heterocycles. The van der Waals surface area contributed by atoms with Crippen molar-refractivity contribution < 1.29 is 13.2 Å². The van der Waals surface area contributed by atoms with Crippen molar-refractivity contribution in [3.8, 4) is 0 Å². The fraction of sp³-hybridized carbons (Fsp3) is 0.130. The number of pyridine rings is 1. The number of rotatable bonds is 5. The van der Waals surface area contributed by atoms with Gasteiger partial charge in [0.1, 0.15) is 5.65 Å². The van der Waals surface area contributed by atoms with Gasteiger partial charge < -0.3 is 9.72 Å². The standard InChI is InChI=1S/C23H21N3O3S/c1-16-4-3-5-21(17(16)2)30(28,29)20-9-6-18(7-10-20)14-25-23(27)19-8-11-22-24-12-13-26(22)15-19/h3-13,15H,14H2,1-2H3,(H,25,27). The molecule has 0 spiro atoms. The van der Waals surface area contributed by atoms with E-state index in [9.17, 15) is 13.2 Å². The molecule has 0 saturated carbocycles. The van der Waals surface area contributed by atoms with Crippen molar-refractivity contribution in [3.63, 3.8) is 0 Å². The van der Waals surface area contributed by atoms with Crippen LogP contribution in [-0.2, 0) is 16.4 Å². The van der Waals surface area contributed by atoms with E-state index in [1.165, 1.54) is 0 Å². The third-order valence-corrected chi connectivity index (χ3v) is 7.10. The van der Waals surface area contributed by atoms with E-state index in [0.29, 0.717) is 17.0 Å². The fourth-order valence-corrected chi connectivity index (χ4v) is 4.84. The third kappa shape index (κ3) is 3.71. The molecule has 0 fully saturated rings. The average molecular weight is 420 g/mol. The number of fused-ring (bicyclic) bond motifs is 1. The highest BCUT2D eigenvalue weighted by atomic mass is 32.2. The second-order valence-corrected chi connectivity index (χ2v) is 9.06. The zero-order valence-electron chi connectivity index (χ0n) is 16.7. The van der Waals surface area contributed by atoms with Crippen LogP contribution in [0.15, 0.2) is 83.0 Å². The minimum absolute atomic E-state index is 0.210. The maximum Gasteiger partial charge on any atom is 0.253 e. The Balaban J connectivity index is 1.48. The Morgan fingerprint density at radius 3 is 2.57 bits per heavy atom. The topological polar surface area (TPSA) is 80.5 Å². The normalized spacial score (nSPS) is 11.5. The Labute approximate surface area is 175 Å². The van der Waals surface area contributed by atoms with Crippen molar-refractivity contribution in [1.82, 2.24) is 14.7 Å². The van der Waals surface area contributed by atoms with Gasteiger partial charge in [0.05, 0.1) is 15.4 Å². The van der Waals surface area contributed by atoms with Crippen LogP contribution in [0, 0.1) is 13.8 Å². The summed E-state index contributed by atoms with van der Waals surface area (Å²) in [7, 11) is -3.59. The highest BCUT2D eigenvalue weighted by molar-refractivity contribution is 7.91. The molecule has 1 N–H and O–H groups in total. The van der Waals surface area contributed by atoms with Crippen LogP contribution in [0.5, 0.6) is 0 Å². The van der Waals surface area contributed by atoms with Gasteiger partial charge in [-0.1, -0.05) is 24.3 Å². The van der Waals surface area contributed by atoms with Gasteiger partial charge in [-0.2, -0.15) is 0 Å². The molecule has 6 nitrogen and oxygen atoms in total. The predicted molar refractivity (Wildman–Crippen MR) is 114 cm³/mol. The minimum atomic E-state index is -3.59. The van der Waals surface area contributed by atoms with Gasteiger partial charge >= 0.3 is 0 Å². The number of aromatic nitrogens is 2. The van der Waals surface area contributed by atoms with Gasteiger partial charge in [-0.15, -0.1) is 0 Å². The van der Waals surface area contributed by atoms with Crippen molar-refractivity contribution in [2.24, 2.45) is 0 Å². The van der Waals surface area contributed by atoms with E-state index in [4.69, 9.17) is 0 Å². The Bertz CT molecular complexity index is 1340. The largest absolute Gasteiger partial charge is 0.348 e. The first-order valence-electron chi connectivity index (χ1n) is 9.47. The molecule has 0 bridgehead atoms. The number of carbonyl (C=O) groups excluding carboxylic acids is 1. The zero-order valence-corrected chi connectivity index (χ0v) is 17.5. The van der Waals surface area contributed by atoms with E-state index >= 15 is 0 Å². The molecule has 0 aliphatic carbocycles. The Hall–Kier alpha value is -3.45. The van der Waals surface area contributed by atoms with Crippen LogP contribution < -0.4 is 5.32 Å². The summed E-state index contributed by atoms with van der Waals surface area (Å²) in [5, 5.41) is 2.86. The number of amides is 1. The lowest BCUT2D eigenvalue weighted by Gasteiger charge is -2.11. The van der Waals surface area contributed by atoms with Gasteiger partial charge in [0.2, 0.25) is 9.84 Å². The second kappa shape index (κ2) is 7.76. The van der Waals surface area contributed by atoms with Crippen LogP contribution in [-0.4, -0.2) is 23.7 Å². The molecule has 4 aromatic rings. The van der Waals surface area contributed by atoms with Crippen LogP contribution in [0.2, 0.25) is 0 Å². The lowest BCUT2D eigenvalue weighted by molar-refractivity contribution is 0.0950. The smallest absolute Gasteiger partial charge is 0.253 e. The molecule has 0 aliphatic heterocycles. The minimum Gasteiger partial charge on any atom is -0.348 e. The SMILES string of the molecule is Cc1cccc(S(=O)(=O)c2ccc(CNC(=O)c3ccc4nccn4c3)cc2)c1C. The number of carbonyl (C=O) groups is 1. The quantitative estimate of drug-likeness (QED) is 0.535. The summed E-state index contributed by atoms with van der Waals surface area (Å²) in [5.74, 6) is -0.210. The molecule has 30 heavy (non-hydrogen) atoms. The molecule has 1 amide bonds. The first-order valence-corrected chi connectivity index (χ1v) is 11.0. The number of nitrogens with zero attached hydrogens (tertiary/aromatic N) is 2. The van der Waals surface area contributed by atoms with E-state index in [2.05, 4.69) is 10.3 Å². The number of hydrogen-bond donors (Lipinski definition) is 1. The van der Waals surface area contributed by atoms with Gasteiger partial charge in [0, 0.05) is 25.1 Å². The number of sulfone groups is 1. The Morgan fingerprint density at radius 2 is 1.80 bits per heavy atom. The molecule has 2 heterocycles. The molecule has 0 radical (unpaired) electrons. The number of imidazole rings is 1. The van der Waals surface area contributed by atoms with Crippen molar-refractivity contribution in [2.75, 3.05) is 0 Å². The number of hydrogen-bond acceptors (Lipinski definition) is 4. The van der Waals surface area contributed by atoms with Crippen LogP contribution in [0.3, 0.4) is 0 Å². The van der Waals surface area contributed by atoms with Crippen LogP contribution >= 0.6 is 0 Å². The summed E-state index contributed by atoms with van der Waals surface area (Å²) < 4.78 is 27.7. The molecular weight excluding hydrogens is 398 g/mol. The van der Waals surface area contributed by atoms with Crippen LogP contribution in [0.25, 0.3) is 5.65 Å². The molecule has 7 heteroatoms. The fourth-order valence-electron chi connectivity index (χ4n) is 3.27. The van der Waals surface area contributed by atoms with Gasteiger partial charge in [0.25, 0.3) is 5.91 Å². The lowest BCUT2D eigenvalue weighted by atomic mass is 10.1. The molecule has 4 rings (SSSR count). The van der Waals surface area contributed by atoms with Crippen LogP contribution in [0.1, 0.15) is 27.0 Å². The first kappa shape index (κ1) is 19.8. The molecule has 0 aliphatic rings. The van der Waals surface area contributed by atoms with E-state index in [1.54, 1.807) is 71.5 Å². The van der Waals surface area contributed by atoms with E-state index in [1.807, 2.05) is 19.9 Å². The second-order valence-electron chi connectivity index (χ2n) is 7.14. The highest BCUT2D eigenvalue weighted by Gasteiger charge is 2.20. The van der Waals surface area contributed by atoms with Gasteiger partial charge in [0.15, 0.2) is 0 Å².